The minimum atomic E-state index is -3.44. The SMILES string of the molecule is COCC1CCCN(S(=O)(=O)N2CCC(c3nc4ccc(F)cc4[nH]3)CC2)C1. The van der Waals surface area contributed by atoms with Gasteiger partial charge in [-0.2, -0.15) is 17.0 Å². The highest BCUT2D eigenvalue weighted by atomic mass is 32.2. The number of nitrogens with zero attached hydrogens (tertiary/aromatic N) is 3. The third-order valence-corrected chi connectivity index (χ3v) is 7.84. The van der Waals surface area contributed by atoms with Gasteiger partial charge in [0.15, 0.2) is 0 Å². The van der Waals surface area contributed by atoms with Gasteiger partial charge in [-0.3, -0.25) is 0 Å². The summed E-state index contributed by atoms with van der Waals surface area (Å²) in [5.41, 5.74) is 1.42. The van der Waals surface area contributed by atoms with Crippen molar-refractivity contribution in [3.05, 3.63) is 29.8 Å². The number of aromatic nitrogens is 2. The summed E-state index contributed by atoms with van der Waals surface area (Å²) in [5.74, 6) is 0.944. The summed E-state index contributed by atoms with van der Waals surface area (Å²) < 4.78 is 47.9. The number of fused-ring (bicyclic) bond motifs is 1. The van der Waals surface area contributed by atoms with Gasteiger partial charge in [0, 0.05) is 39.2 Å². The number of hydrogen-bond donors (Lipinski definition) is 1. The van der Waals surface area contributed by atoms with Crippen molar-refractivity contribution < 1.29 is 17.5 Å². The summed E-state index contributed by atoms with van der Waals surface area (Å²) in [7, 11) is -1.78. The fourth-order valence-corrected chi connectivity index (χ4v) is 6.08. The molecular formula is C19H27FN4O3S. The van der Waals surface area contributed by atoms with Crippen LogP contribution in [0, 0.1) is 11.7 Å². The minimum absolute atomic E-state index is 0.157. The van der Waals surface area contributed by atoms with Gasteiger partial charge in [-0.05, 0) is 49.8 Å². The zero-order valence-corrected chi connectivity index (χ0v) is 16.9. The number of methoxy groups -OCH3 is 1. The van der Waals surface area contributed by atoms with Crippen LogP contribution in [-0.2, 0) is 14.9 Å². The number of nitrogens with one attached hydrogen (secondary N) is 1. The highest BCUT2D eigenvalue weighted by molar-refractivity contribution is 7.86. The van der Waals surface area contributed by atoms with E-state index in [1.165, 1.54) is 12.1 Å². The second kappa shape index (κ2) is 8.06. The largest absolute Gasteiger partial charge is 0.384 e. The van der Waals surface area contributed by atoms with Crippen molar-refractivity contribution in [2.45, 2.75) is 31.6 Å². The van der Waals surface area contributed by atoms with Crippen molar-refractivity contribution in [1.29, 1.82) is 0 Å². The van der Waals surface area contributed by atoms with Crippen LogP contribution in [-0.4, -0.2) is 66.9 Å². The smallest absolute Gasteiger partial charge is 0.281 e. The Balaban J connectivity index is 1.41. The number of aromatic amines is 1. The molecule has 1 aromatic heterocycles. The van der Waals surface area contributed by atoms with Crippen LogP contribution in [0.15, 0.2) is 18.2 Å². The topological polar surface area (TPSA) is 78.5 Å². The molecule has 0 spiro atoms. The number of imidazole rings is 1. The molecule has 154 valence electrons. The molecular weight excluding hydrogens is 383 g/mol. The fourth-order valence-electron chi connectivity index (χ4n) is 4.33. The zero-order valence-electron chi connectivity index (χ0n) is 16.1. The van der Waals surface area contributed by atoms with E-state index in [4.69, 9.17) is 4.74 Å². The Morgan fingerprint density at radius 3 is 2.75 bits per heavy atom. The normalized spacial score (nSPS) is 23.4. The molecule has 28 heavy (non-hydrogen) atoms. The fraction of sp³-hybridized carbons (Fsp3) is 0.632. The van der Waals surface area contributed by atoms with Crippen LogP contribution in [0.3, 0.4) is 0 Å². The molecule has 1 aromatic carbocycles. The lowest BCUT2D eigenvalue weighted by molar-refractivity contribution is 0.115. The predicted octanol–water partition coefficient (Wildman–Crippen LogP) is 2.48. The van der Waals surface area contributed by atoms with E-state index in [-0.39, 0.29) is 17.7 Å². The van der Waals surface area contributed by atoms with Gasteiger partial charge < -0.3 is 9.72 Å². The molecule has 0 amide bonds. The molecule has 1 atom stereocenters. The molecule has 7 nitrogen and oxygen atoms in total. The van der Waals surface area contributed by atoms with Crippen LogP contribution in [0.1, 0.15) is 37.4 Å². The number of halogens is 1. The quantitative estimate of drug-likeness (QED) is 0.821. The third kappa shape index (κ3) is 3.94. The number of benzene rings is 1. The average molecular weight is 411 g/mol. The monoisotopic (exact) mass is 410 g/mol. The van der Waals surface area contributed by atoms with E-state index in [9.17, 15) is 12.8 Å². The van der Waals surface area contributed by atoms with Crippen LogP contribution in [0.4, 0.5) is 4.39 Å². The second-order valence-electron chi connectivity index (χ2n) is 7.79. The number of H-pyrrole nitrogens is 1. The van der Waals surface area contributed by atoms with E-state index >= 15 is 0 Å². The number of hydrogen-bond acceptors (Lipinski definition) is 4. The zero-order chi connectivity index (χ0) is 19.7. The summed E-state index contributed by atoms with van der Waals surface area (Å²) >= 11 is 0. The van der Waals surface area contributed by atoms with Crippen molar-refractivity contribution in [2.75, 3.05) is 39.9 Å². The first-order valence-corrected chi connectivity index (χ1v) is 11.3. The lowest BCUT2D eigenvalue weighted by Crippen LogP contribution is -2.50. The van der Waals surface area contributed by atoms with Gasteiger partial charge in [-0.15, -0.1) is 0 Å². The maximum Gasteiger partial charge on any atom is 0.281 e. The molecule has 2 aromatic rings. The highest BCUT2D eigenvalue weighted by Crippen LogP contribution is 2.30. The molecule has 2 aliphatic rings. The van der Waals surface area contributed by atoms with E-state index in [0.29, 0.717) is 51.1 Å². The molecule has 3 heterocycles. The van der Waals surface area contributed by atoms with Gasteiger partial charge in [-0.25, -0.2) is 9.37 Å². The Bertz CT molecular complexity index is 922. The molecule has 1 unspecified atom stereocenters. The Hall–Kier alpha value is -1.55. The van der Waals surface area contributed by atoms with Gasteiger partial charge in [0.25, 0.3) is 10.2 Å². The Kier molecular flexibility index (Phi) is 5.69. The van der Waals surface area contributed by atoms with Crippen LogP contribution in [0.2, 0.25) is 0 Å². The minimum Gasteiger partial charge on any atom is -0.384 e. The van der Waals surface area contributed by atoms with Crippen LogP contribution < -0.4 is 0 Å². The van der Waals surface area contributed by atoms with Crippen molar-refractivity contribution in [3.63, 3.8) is 0 Å². The summed E-state index contributed by atoms with van der Waals surface area (Å²) in [5, 5.41) is 0. The van der Waals surface area contributed by atoms with E-state index in [2.05, 4.69) is 9.97 Å². The maximum atomic E-state index is 13.4. The second-order valence-corrected chi connectivity index (χ2v) is 9.71. The van der Waals surface area contributed by atoms with Crippen molar-refractivity contribution >= 4 is 21.2 Å². The van der Waals surface area contributed by atoms with Gasteiger partial charge in [0.2, 0.25) is 0 Å². The van der Waals surface area contributed by atoms with Crippen molar-refractivity contribution in [3.8, 4) is 0 Å². The molecule has 9 heteroatoms. The molecule has 2 fully saturated rings. The first-order chi connectivity index (χ1) is 13.5. The molecule has 2 saturated heterocycles. The average Bonchev–Trinajstić information content (AvgIpc) is 3.12. The van der Waals surface area contributed by atoms with E-state index in [0.717, 1.165) is 24.2 Å². The molecule has 0 aliphatic carbocycles. The summed E-state index contributed by atoms with van der Waals surface area (Å²) in [4.78, 5) is 7.77. The van der Waals surface area contributed by atoms with Crippen LogP contribution in [0.25, 0.3) is 11.0 Å². The van der Waals surface area contributed by atoms with Gasteiger partial charge in [0.05, 0.1) is 17.6 Å². The lowest BCUT2D eigenvalue weighted by Gasteiger charge is -2.37. The molecule has 2 aliphatic heterocycles. The first kappa shape index (κ1) is 19.8. The van der Waals surface area contributed by atoms with Gasteiger partial charge in [-0.1, -0.05) is 0 Å². The predicted molar refractivity (Wildman–Crippen MR) is 105 cm³/mol. The molecule has 0 saturated carbocycles. The van der Waals surface area contributed by atoms with Crippen molar-refractivity contribution in [2.24, 2.45) is 5.92 Å². The maximum absolute atomic E-state index is 13.4. The summed E-state index contributed by atoms with van der Waals surface area (Å²) in [6.07, 6.45) is 3.29. The van der Waals surface area contributed by atoms with Gasteiger partial charge >= 0.3 is 0 Å². The van der Waals surface area contributed by atoms with E-state index in [1.54, 1.807) is 21.8 Å². The first-order valence-electron chi connectivity index (χ1n) is 9.86. The van der Waals surface area contributed by atoms with Gasteiger partial charge in [0.1, 0.15) is 11.6 Å². The standard InChI is InChI=1S/C19H27FN4O3S/c1-27-13-14-3-2-8-24(12-14)28(25,26)23-9-6-15(7-10-23)19-21-17-5-4-16(20)11-18(17)22-19/h4-5,11,14-15H,2-3,6-10,12-13H2,1H3,(H,21,22). The molecule has 0 bridgehead atoms. The number of piperidine rings is 2. The Morgan fingerprint density at radius 1 is 1.21 bits per heavy atom. The Morgan fingerprint density at radius 2 is 2.00 bits per heavy atom. The summed E-state index contributed by atoms with van der Waals surface area (Å²) in [6.45, 7) is 2.66. The highest BCUT2D eigenvalue weighted by Gasteiger charge is 2.36. The number of ether oxygens (including phenoxy) is 1. The van der Waals surface area contributed by atoms with E-state index in [1.807, 2.05) is 0 Å². The van der Waals surface area contributed by atoms with E-state index < -0.39 is 10.2 Å². The molecule has 1 N–H and O–H groups in total. The number of rotatable bonds is 5. The molecule has 0 radical (unpaired) electrons. The Labute approximate surface area is 165 Å². The van der Waals surface area contributed by atoms with Crippen molar-refractivity contribution in [1.82, 2.24) is 18.6 Å². The molecule has 4 rings (SSSR count). The lowest BCUT2D eigenvalue weighted by atomic mass is 9.97. The third-order valence-electron chi connectivity index (χ3n) is 5.84. The van der Waals surface area contributed by atoms with Crippen LogP contribution in [0.5, 0.6) is 0 Å². The van der Waals surface area contributed by atoms with Crippen LogP contribution >= 0.6 is 0 Å². The summed E-state index contributed by atoms with van der Waals surface area (Å²) in [6, 6.07) is 4.51.